The topological polar surface area (TPSA) is 61.6 Å². The lowest BCUT2D eigenvalue weighted by molar-refractivity contribution is 0.111. The van der Waals surface area contributed by atoms with Gasteiger partial charge in [-0.2, -0.15) is 0 Å². The fourth-order valence-corrected chi connectivity index (χ4v) is 3.14. The first kappa shape index (κ1) is 12.0. The Morgan fingerprint density at radius 3 is 2.67 bits per heavy atom. The number of rotatable bonds is 3. The van der Waals surface area contributed by atoms with Crippen molar-refractivity contribution >= 4 is 22.2 Å². The summed E-state index contributed by atoms with van der Waals surface area (Å²) in [7, 11) is 0. The minimum Gasteiger partial charge on any atom is -0.453 e. The van der Waals surface area contributed by atoms with Crippen LogP contribution in [0.3, 0.4) is 0 Å². The van der Waals surface area contributed by atoms with E-state index in [4.69, 9.17) is 15.2 Å². The van der Waals surface area contributed by atoms with Gasteiger partial charge in [0.25, 0.3) is 0 Å². The number of hydrogen-bond acceptors (Lipinski definition) is 4. The predicted molar refractivity (Wildman–Crippen MR) is 70.2 cm³/mol. The number of carbonyl (C=O) groups is 1. The molecular formula is C13H14BrNO3. The standard InChI is InChI=1S/C13H14BrNO3/c1-7(15)13(2-3-13)9-4-10(14)8(5-16)11-12(9)18-6-17-11/h4-5,7H,2-3,6,15H2,1H3. The van der Waals surface area contributed by atoms with E-state index in [0.29, 0.717) is 17.1 Å². The van der Waals surface area contributed by atoms with Crippen LogP contribution in [0.4, 0.5) is 0 Å². The molecule has 1 aliphatic heterocycles. The van der Waals surface area contributed by atoms with Gasteiger partial charge in [0.15, 0.2) is 17.8 Å². The second-order valence-electron chi connectivity index (χ2n) is 4.95. The Morgan fingerprint density at radius 2 is 2.11 bits per heavy atom. The van der Waals surface area contributed by atoms with Crippen LogP contribution in [0.25, 0.3) is 0 Å². The molecule has 0 bridgehead atoms. The number of fused-ring (bicyclic) bond motifs is 1. The summed E-state index contributed by atoms with van der Waals surface area (Å²) in [6, 6.07) is 2.01. The maximum absolute atomic E-state index is 11.1. The average molecular weight is 312 g/mol. The molecule has 1 aliphatic carbocycles. The third-order valence-corrected chi connectivity index (χ3v) is 4.60. The number of ether oxygens (including phenoxy) is 2. The summed E-state index contributed by atoms with van der Waals surface area (Å²) in [5.41, 5.74) is 7.64. The predicted octanol–water partition coefficient (Wildman–Crippen LogP) is 2.37. The van der Waals surface area contributed by atoms with Crippen LogP contribution in [-0.2, 0) is 5.41 Å². The lowest BCUT2D eigenvalue weighted by atomic mass is 9.88. The smallest absolute Gasteiger partial charge is 0.231 e. The van der Waals surface area contributed by atoms with Crippen molar-refractivity contribution in [3.8, 4) is 11.5 Å². The van der Waals surface area contributed by atoms with Crippen molar-refractivity contribution in [1.82, 2.24) is 0 Å². The van der Waals surface area contributed by atoms with Crippen LogP contribution < -0.4 is 15.2 Å². The Morgan fingerprint density at radius 1 is 1.44 bits per heavy atom. The molecule has 1 saturated carbocycles. The van der Waals surface area contributed by atoms with Crippen molar-refractivity contribution < 1.29 is 14.3 Å². The monoisotopic (exact) mass is 311 g/mol. The molecule has 0 aromatic heterocycles. The van der Waals surface area contributed by atoms with E-state index < -0.39 is 0 Å². The molecule has 1 fully saturated rings. The molecule has 0 saturated heterocycles. The number of nitrogens with two attached hydrogens (primary N) is 1. The van der Waals surface area contributed by atoms with Gasteiger partial charge < -0.3 is 15.2 Å². The first-order valence-electron chi connectivity index (χ1n) is 5.93. The van der Waals surface area contributed by atoms with Crippen LogP contribution in [0.1, 0.15) is 35.7 Å². The molecule has 1 aromatic rings. The number of hydrogen-bond donors (Lipinski definition) is 1. The van der Waals surface area contributed by atoms with Crippen LogP contribution in [0, 0.1) is 0 Å². The maximum Gasteiger partial charge on any atom is 0.231 e. The van der Waals surface area contributed by atoms with Gasteiger partial charge in [-0.05, 0) is 41.8 Å². The molecule has 5 heteroatoms. The van der Waals surface area contributed by atoms with Crippen molar-refractivity contribution in [2.75, 3.05) is 6.79 Å². The molecule has 1 aromatic carbocycles. The Hall–Kier alpha value is -1.07. The molecule has 0 radical (unpaired) electrons. The van der Waals surface area contributed by atoms with Crippen LogP contribution >= 0.6 is 15.9 Å². The largest absolute Gasteiger partial charge is 0.453 e. The Balaban J connectivity index is 2.21. The number of halogens is 1. The fourth-order valence-electron chi connectivity index (χ4n) is 2.64. The van der Waals surface area contributed by atoms with E-state index in [1.165, 1.54) is 0 Å². The van der Waals surface area contributed by atoms with Gasteiger partial charge in [-0.25, -0.2) is 0 Å². The minimum atomic E-state index is -0.0261. The molecule has 0 amide bonds. The van der Waals surface area contributed by atoms with E-state index in [9.17, 15) is 4.79 Å². The first-order chi connectivity index (χ1) is 8.60. The van der Waals surface area contributed by atoms with E-state index in [2.05, 4.69) is 15.9 Å². The Bertz CT molecular complexity index is 523. The molecule has 2 aliphatic rings. The summed E-state index contributed by atoms with van der Waals surface area (Å²) in [4.78, 5) is 11.1. The summed E-state index contributed by atoms with van der Waals surface area (Å²) in [6.07, 6.45) is 2.88. The fraction of sp³-hybridized carbons (Fsp3) is 0.462. The minimum absolute atomic E-state index is 0.0261. The number of aldehydes is 1. The highest BCUT2D eigenvalue weighted by Crippen LogP contribution is 2.57. The lowest BCUT2D eigenvalue weighted by Gasteiger charge is -2.22. The second-order valence-corrected chi connectivity index (χ2v) is 5.80. The van der Waals surface area contributed by atoms with Gasteiger partial charge in [-0.1, -0.05) is 0 Å². The summed E-state index contributed by atoms with van der Waals surface area (Å²) < 4.78 is 11.7. The Labute approximate surface area is 114 Å². The quantitative estimate of drug-likeness (QED) is 0.871. The van der Waals surface area contributed by atoms with Crippen LogP contribution in [0.5, 0.6) is 11.5 Å². The van der Waals surface area contributed by atoms with Crippen molar-refractivity contribution in [1.29, 1.82) is 0 Å². The first-order valence-corrected chi connectivity index (χ1v) is 6.73. The van der Waals surface area contributed by atoms with Crippen molar-refractivity contribution in [3.63, 3.8) is 0 Å². The van der Waals surface area contributed by atoms with Crippen LogP contribution in [0.2, 0.25) is 0 Å². The van der Waals surface area contributed by atoms with Gasteiger partial charge in [0.2, 0.25) is 6.79 Å². The SMILES string of the molecule is CC(N)C1(c2cc(Br)c(C=O)c3c2OCO3)CC1. The van der Waals surface area contributed by atoms with Crippen LogP contribution in [0.15, 0.2) is 10.5 Å². The Kier molecular flexibility index (Phi) is 2.64. The second kappa shape index (κ2) is 3.96. The van der Waals surface area contributed by atoms with Crippen molar-refractivity contribution in [2.24, 2.45) is 5.73 Å². The van der Waals surface area contributed by atoms with E-state index in [-0.39, 0.29) is 18.2 Å². The number of benzene rings is 1. The summed E-state index contributed by atoms with van der Waals surface area (Å²) in [5.74, 6) is 1.23. The van der Waals surface area contributed by atoms with Gasteiger partial charge in [-0.3, -0.25) is 4.79 Å². The molecule has 96 valence electrons. The molecule has 1 unspecified atom stereocenters. The highest BCUT2D eigenvalue weighted by molar-refractivity contribution is 9.10. The zero-order valence-corrected chi connectivity index (χ0v) is 11.6. The third-order valence-electron chi connectivity index (χ3n) is 3.94. The van der Waals surface area contributed by atoms with Crippen molar-refractivity contribution in [3.05, 3.63) is 21.7 Å². The van der Waals surface area contributed by atoms with E-state index in [1.807, 2.05) is 13.0 Å². The van der Waals surface area contributed by atoms with E-state index >= 15 is 0 Å². The van der Waals surface area contributed by atoms with E-state index in [1.54, 1.807) is 0 Å². The molecule has 18 heavy (non-hydrogen) atoms. The molecule has 2 N–H and O–H groups in total. The molecule has 3 rings (SSSR count). The lowest BCUT2D eigenvalue weighted by Crippen LogP contribution is -2.31. The maximum atomic E-state index is 11.1. The summed E-state index contributed by atoms with van der Waals surface area (Å²) in [6.45, 7) is 2.17. The molecular weight excluding hydrogens is 298 g/mol. The average Bonchev–Trinajstić information content (AvgIpc) is 3.01. The number of carbonyl (C=O) groups excluding carboxylic acids is 1. The molecule has 1 heterocycles. The molecule has 0 spiro atoms. The summed E-state index contributed by atoms with van der Waals surface area (Å²) >= 11 is 3.42. The van der Waals surface area contributed by atoms with Gasteiger partial charge in [0.1, 0.15) is 0 Å². The molecule has 4 nitrogen and oxygen atoms in total. The highest BCUT2D eigenvalue weighted by Gasteiger charge is 2.50. The van der Waals surface area contributed by atoms with Gasteiger partial charge in [0.05, 0.1) is 5.56 Å². The zero-order chi connectivity index (χ0) is 12.9. The van der Waals surface area contributed by atoms with Gasteiger partial charge >= 0.3 is 0 Å². The van der Waals surface area contributed by atoms with Gasteiger partial charge in [-0.15, -0.1) is 0 Å². The highest BCUT2D eigenvalue weighted by atomic mass is 79.9. The zero-order valence-electron chi connectivity index (χ0n) is 10.0. The van der Waals surface area contributed by atoms with Crippen molar-refractivity contribution in [2.45, 2.75) is 31.2 Å². The van der Waals surface area contributed by atoms with Gasteiger partial charge in [0, 0.05) is 21.5 Å². The third kappa shape index (κ3) is 1.50. The summed E-state index contributed by atoms with van der Waals surface area (Å²) in [5, 5.41) is 0. The van der Waals surface area contributed by atoms with Crippen LogP contribution in [-0.4, -0.2) is 19.1 Å². The molecule has 1 atom stereocenters. The van der Waals surface area contributed by atoms with E-state index in [0.717, 1.165) is 29.2 Å². The normalized spacial score (nSPS) is 20.6.